The van der Waals surface area contributed by atoms with Gasteiger partial charge in [0.25, 0.3) is 0 Å². The lowest BCUT2D eigenvalue weighted by molar-refractivity contribution is -0.152. The van der Waals surface area contributed by atoms with E-state index in [1.165, 1.54) is 13.0 Å². The lowest BCUT2D eigenvalue weighted by Gasteiger charge is -2.64. The molecule has 3 fully saturated rings. The predicted octanol–water partition coefficient (Wildman–Crippen LogP) is 4.92. The van der Waals surface area contributed by atoms with E-state index in [4.69, 9.17) is 0 Å². The molecule has 0 saturated heterocycles. The molecule has 6 aliphatic carbocycles. The monoisotopic (exact) mass is 592 g/mol. The number of hydrogen-bond acceptors (Lipinski definition) is 6. The molecule has 7 bridgehead atoms. The number of rotatable bonds is 5. The van der Waals surface area contributed by atoms with Gasteiger partial charge in [-0.05, 0) is 86.7 Å². The maximum absolute atomic E-state index is 14.8. The van der Waals surface area contributed by atoms with Crippen molar-refractivity contribution in [2.24, 2.45) is 39.4 Å². The first-order valence-electron chi connectivity index (χ1n) is 16.6. The van der Waals surface area contributed by atoms with Gasteiger partial charge in [0.1, 0.15) is 5.78 Å². The molecule has 3 spiro atoms. The number of aliphatic carboxylic acids is 1. The Labute approximate surface area is 255 Å². The van der Waals surface area contributed by atoms with Crippen molar-refractivity contribution in [2.45, 2.75) is 129 Å². The van der Waals surface area contributed by atoms with Crippen LogP contribution in [0.25, 0.3) is 0 Å². The predicted molar refractivity (Wildman–Crippen MR) is 160 cm³/mol. The number of carbonyl (C=O) groups is 3. The summed E-state index contributed by atoms with van der Waals surface area (Å²) >= 11 is 0. The van der Waals surface area contributed by atoms with Crippen LogP contribution in [0.15, 0.2) is 22.8 Å². The quantitative estimate of drug-likeness (QED) is 0.263. The van der Waals surface area contributed by atoms with E-state index in [0.717, 1.165) is 43.3 Å². The number of aliphatic hydroxyl groups excluding tert-OH is 3. The van der Waals surface area contributed by atoms with Crippen LogP contribution in [0.5, 0.6) is 0 Å². The van der Waals surface area contributed by atoms with Crippen LogP contribution < -0.4 is 0 Å². The van der Waals surface area contributed by atoms with Crippen molar-refractivity contribution in [2.75, 3.05) is 0 Å². The normalized spacial score (nSPS) is 43.9. The topological polar surface area (TPSA) is 132 Å². The number of carboxylic acids is 1. The minimum Gasteiger partial charge on any atom is -0.478 e. The number of allylic oxidation sites excluding steroid dienone is 1. The van der Waals surface area contributed by atoms with E-state index >= 15 is 0 Å². The Hall–Kier alpha value is -2.27. The average molecular weight is 593 g/mol. The van der Waals surface area contributed by atoms with Gasteiger partial charge >= 0.3 is 5.97 Å². The molecular weight excluding hydrogens is 544 g/mol. The van der Waals surface area contributed by atoms with E-state index in [9.17, 15) is 34.8 Å². The molecule has 0 aromatic rings. The van der Waals surface area contributed by atoms with E-state index in [-0.39, 0.29) is 34.9 Å². The van der Waals surface area contributed by atoms with Crippen molar-refractivity contribution in [1.29, 1.82) is 0 Å². The highest BCUT2D eigenvalue weighted by Crippen LogP contribution is 2.75. The summed E-state index contributed by atoms with van der Waals surface area (Å²) < 4.78 is 0. The van der Waals surface area contributed by atoms with Crippen molar-refractivity contribution in [3.8, 4) is 11.8 Å². The van der Waals surface area contributed by atoms with Crippen LogP contribution >= 0.6 is 0 Å². The number of ketones is 2. The van der Waals surface area contributed by atoms with E-state index in [1.54, 1.807) is 0 Å². The Morgan fingerprint density at radius 3 is 2.56 bits per heavy atom. The average Bonchev–Trinajstić information content (AvgIpc) is 3.17. The maximum Gasteiger partial charge on any atom is 0.331 e. The van der Waals surface area contributed by atoms with Gasteiger partial charge in [0, 0.05) is 53.1 Å². The molecule has 0 radical (unpaired) electrons. The zero-order valence-electron chi connectivity index (χ0n) is 26.0. The molecule has 0 heterocycles. The van der Waals surface area contributed by atoms with Crippen molar-refractivity contribution in [3.05, 3.63) is 22.8 Å². The van der Waals surface area contributed by atoms with Gasteiger partial charge in [-0.25, -0.2) is 4.79 Å². The molecule has 3 saturated carbocycles. The van der Waals surface area contributed by atoms with E-state index in [0.29, 0.717) is 57.8 Å². The van der Waals surface area contributed by atoms with Crippen LogP contribution in [-0.4, -0.2) is 56.3 Å². The summed E-state index contributed by atoms with van der Waals surface area (Å²) in [5, 5.41) is 44.8. The number of Topliss-reactive ketones (excluding diaryl/α,β-unsaturated/α-hetero) is 2. The second-order valence-electron chi connectivity index (χ2n) is 15.2. The van der Waals surface area contributed by atoms with Gasteiger partial charge < -0.3 is 20.4 Å². The van der Waals surface area contributed by atoms with E-state index < -0.39 is 45.9 Å². The standard InChI is InChI=1S/C36H48O7/c1-21(16-23(37)17-22(2)32(42)43)24-18-29(41)36-14-9-4-6-11-33(3)27-19-25(38)31(36)30-26(39)20-35(24,36)13-8-5-7-12-34(27,30)15-10-28(33)40/h17,21,23-25,27,29,37-38,41H,5,7-16,18-20H2,1-3H3,(H,42,43). The molecular formula is C36H48O7. The molecule has 0 amide bonds. The summed E-state index contributed by atoms with van der Waals surface area (Å²) in [6.07, 6.45) is 7.26. The van der Waals surface area contributed by atoms with Crippen molar-refractivity contribution in [1.82, 2.24) is 0 Å². The lowest BCUT2D eigenvalue weighted by atomic mass is 9.39. The van der Waals surface area contributed by atoms with Gasteiger partial charge in [0.15, 0.2) is 5.78 Å². The zero-order valence-corrected chi connectivity index (χ0v) is 26.0. The summed E-state index contributed by atoms with van der Waals surface area (Å²) in [7, 11) is 0. The molecule has 0 aliphatic heterocycles. The fraction of sp³-hybridized carbons (Fsp3) is 0.750. The van der Waals surface area contributed by atoms with Crippen LogP contribution in [0.3, 0.4) is 0 Å². The van der Waals surface area contributed by atoms with E-state index in [1.807, 2.05) is 6.92 Å². The van der Waals surface area contributed by atoms with Gasteiger partial charge in [0.05, 0.1) is 18.3 Å². The largest absolute Gasteiger partial charge is 0.478 e. The summed E-state index contributed by atoms with van der Waals surface area (Å²) in [5.74, 6) is 5.58. The van der Waals surface area contributed by atoms with Gasteiger partial charge in [-0.1, -0.05) is 33.1 Å². The Kier molecular flexibility index (Phi) is 7.63. The zero-order chi connectivity index (χ0) is 30.9. The van der Waals surface area contributed by atoms with Gasteiger partial charge in [-0.2, -0.15) is 0 Å². The third-order valence-electron chi connectivity index (χ3n) is 13.4. The molecule has 7 heteroatoms. The molecule has 43 heavy (non-hydrogen) atoms. The first-order valence-corrected chi connectivity index (χ1v) is 16.6. The van der Waals surface area contributed by atoms with E-state index in [2.05, 4.69) is 18.8 Å². The molecule has 6 rings (SSSR count). The second-order valence-corrected chi connectivity index (χ2v) is 15.2. The molecule has 234 valence electrons. The summed E-state index contributed by atoms with van der Waals surface area (Å²) in [6, 6.07) is 0. The Morgan fingerprint density at radius 1 is 1.07 bits per heavy atom. The summed E-state index contributed by atoms with van der Waals surface area (Å²) in [6.45, 7) is 5.55. The van der Waals surface area contributed by atoms with Crippen molar-refractivity contribution >= 4 is 17.5 Å². The smallest absolute Gasteiger partial charge is 0.331 e. The van der Waals surface area contributed by atoms with Crippen LogP contribution in [0, 0.1) is 51.3 Å². The second kappa shape index (κ2) is 10.7. The first kappa shape index (κ1) is 30.7. The van der Waals surface area contributed by atoms with Gasteiger partial charge in [0.2, 0.25) is 0 Å². The molecule has 10 atom stereocenters. The summed E-state index contributed by atoms with van der Waals surface area (Å²) in [4.78, 5) is 39.8. The molecule has 4 N–H and O–H groups in total. The number of carbonyl (C=O) groups excluding carboxylic acids is 2. The molecule has 10 unspecified atom stereocenters. The highest BCUT2D eigenvalue weighted by molar-refractivity contribution is 6.01. The minimum absolute atomic E-state index is 0.0848. The fourth-order valence-electron chi connectivity index (χ4n) is 11.6. The maximum atomic E-state index is 14.8. The molecule has 0 aromatic heterocycles. The van der Waals surface area contributed by atoms with Gasteiger partial charge in [-0.3, -0.25) is 9.59 Å². The Bertz CT molecular complexity index is 1350. The Morgan fingerprint density at radius 2 is 1.81 bits per heavy atom. The fourth-order valence-corrected chi connectivity index (χ4v) is 11.6. The molecule has 0 aromatic carbocycles. The lowest BCUT2D eigenvalue weighted by Crippen LogP contribution is -2.63. The van der Waals surface area contributed by atoms with Crippen LogP contribution in [0.2, 0.25) is 0 Å². The number of fused-ring (bicyclic) bond motifs is 1. The summed E-state index contributed by atoms with van der Waals surface area (Å²) in [5.41, 5.74) is -0.998. The highest BCUT2D eigenvalue weighted by atomic mass is 16.4. The SMILES string of the molecule is CC(=CC(O)CC(C)C1CC(O)C23CCC#CCC4(C)C(=O)CCC56CCCCCC12CC(=O)C5=C3C(O)CC46)C(=O)O. The van der Waals surface area contributed by atoms with Crippen molar-refractivity contribution < 1.29 is 34.8 Å². The van der Waals surface area contributed by atoms with Crippen molar-refractivity contribution in [3.63, 3.8) is 0 Å². The number of carboxylic acid groups (broad SMARTS) is 1. The number of aliphatic hydroxyl groups is 3. The Balaban J connectivity index is 1.56. The molecule has 7 nitrogen and oxygen atoms in total. The molecule has 6 aliphatic rings. The number of hydrogen-bond donors (Lipinski definition) is 4. The minimum atomic E-state index is -1.07. The third kappa shape index (κ3) is 4.22. The highest BCUT2D eigenvalue weighted by Gasteiger charge is 2.73. The first-order chi connectivity index (χ1) is 20.3. The third-order valence-corrected chi connectivity index (χ3v) is 13.4. The van der Waals surface area contributed by atoms with Crippen LogP contribution in [0.4, 0.5) is 0 Å². The van der Waals surface area contributed by atoms with Crippen LogP contribution in [-0.2, 0) is 14.4 Å². The van der Waals surface area contributed by atoms with Crippen LogP contribution in [0.1, 0.15) is 111 Å². The van der Waals surface area contributed by atoms with Gasteiger partial charge in [-0.15, -0.1) is 11.8 Å².